The number of rotatable bonds is 6. The lowest BCUT2D eigenvalue weighted by atomic mass is 9.87. The average Bonchev–Trinajstić information content (AvgIpc) is 3.01. The zero-order valence-electron chi connectivity index (χ0n) is 12.9. The first-order chi connectivity index (χ1) is 10.2. The fourth-order valence-electron chi connectivity index (χ4n) is 3.20. The van der Waals surface area contributed by atoms with E-state index in [4.69, 9.17) is 0 Å². The molecule has 2 N–H and O–H groups in total. The summed E-state index contributed by atoms with van der Waals surface area (Å²) in [4.78, 5) is 0. The Labute approximate surface area is 126 Å². The number of aliphatic hydroxyl groups excluding tert-OH is 1. The van der Waals surface area contributed by atoms with Crippen LogP contribution < -0.4 is 5.32 Å². The predicted molar refractivity (Wildman–Crippen MR) is 82.0 cm³/mol. The van der Waals surface area contributed by atoms with E-state index in [1.165, 1.54) is 0 Å². The molecule has 1 saturated carbocycles. The molecule has 5 nitrogen and oxygen atoms in total. The second kappa shape index (κ2) is 6.86. The molecule has 0 aromatic carbocycles. The minimum Gasteiger partial charge on any atom is -0.396 e. The van der Waals surface area contributed by atoms with Gasteiger partial charge in [-0.05, 0) is 31.2 Å². The molecule has 1 aromatic heterocycles. The molecule has 1 heterocycles. The van der Waals surface area contributed by atoms with Gasteiger partial charge in [-0.3, -0.25) is 0 Å². The average molecular weight is 288 g/mol. The largest absolute Gasteiger partial charge is 0.396 e. The Hall–Kier alpha value is -1.67. The van der Waals surface area contributed by atoms with Gasteiger partial charge in [0.25, 0.3) is 0 Å². The Morgan fingerprint density at radius 1 is 1.24 bits per heavy atom. The summed E-state index contributed by atoms with van der Waals surface area (Å²) in [6.45, 7) is 4.90. The van der Waals surface area contributed by atoms with Gasteiger partial charge in [0.05, 0.1) is 12.3 Å². The quantitative estimate of drug-likeness (QED) is 0.840. The third kappa shape index (κ3) is 3.16. The normalized spacial score (nSPS) is 16.7. The zero-order chi connectivity index (χ0) is 15.3. The van der Waals surface area contributed by atoms with E-state index < -0.39 is 0 Å². The lowest BCUT2D eigenvalue weighted by molar-refractivity contribution is 0.142. The van der Waals surface area contributed by atoms with Gasteiger partial charge in [-0.2, -0.15) is 10.4 Å². The summed E-state index contributed by atoms with van der Waals surface area (Å²) in [5, 5.41) is 30.8. The third-order valence-electron chi connectivity index (χ3n) is 4.59. The standard InChI is InChI=1S/C16H24N4O/c1-3-12-13(9-17)15(20-19-14(12)4-2)18-10-16(11-21)7-5-6-8-16/h21H,3-8,10-11H2,1-2H3,(H,18,20). The second-order valence-electron chi connectivity index (χ2n) is 5.89. The van der Waals surface area contributed by atoms with Gasteiger partial charge >= 0.3 is 0 Å². The Morgan fingerprint density at radius 2 is 1.95 bits per heavy atom. The van der Waals surface area contributed by atoms with E-state index in [1.54, 1.807) is 0 Å². The van der Waals surface area contributed by atoms with Crippen LogP contribution >= 0.6 is 0 Å². The molecule has 1 aromatic rings. The van der Waals surface area contributed by atoms with Gasteiger partial charge in [0, 0.05) is 12.0 Å². The summed E-state index contributed by atoms with van der Waals surface area (Å²) in [5.74, 6) is 0.561. The highest BCUT2D eigenvalue weighted by Crippen LogP contribution is 2.37. The van der Waals surface area contributed by atoms with Crippen LogP contribution in [0.2, 0.25) is 0 Å². The van der Waals surface area contributed by atoms with Gasteiger partial charge in [0.15, 0.2) is 5.82 Å². The van der Waals surface area contributed by atoms with Crippen LogP contribution in [0.15, 0.2) is 0 Å². The molecule has 0 unspecified atom stereocenters. The number of nitriles is 1. The number of anilines is 1. The summed E-state index contributed by atoms with van der Waals surface area (Å²) in [6, 6.07) is 2.27. The number of hydrogen-bond donors (Lipinski definition) is 2. The van der Waals surface area contributed by atoms with Gasteiger partial charge < -0.3 is 10.4 Å². The van der Waals surface area contributed by atoms with Crippen LogP contribution in [0.5, 0.6) is 0 Å². The molecule has 0 atom stereocenters. The maximum atomic E-state index is 9.66. The van der Waals surface area contributed by atoms with Crippen LogP contribution in [-0.4, -0.2) is 28.5 Å². The monoisotopic (exact) mass is 288 g/mol. The van der Waals surface area contributed by atoms with Crippen molar-refractivity contribution in [3.8, 4) is 6.07 Å². The van der Waals surface area contributed by atoms with Crippen LogP contribution in [0.25, 0.3) is 0 Å². The van der Waals surface area contributed by atoms with Crippen LogP contribution in [0.3, 0.4) is 0 Å². The minimum atomic E-state index is -0.0653. The smallest absolute Gasteiger partial charge is 0.166 e. The van der Waals surface area contributed by atoms with Gasteiger partial charge in [-0.15, -0.1) is 5.10 Å². The predicted octanol–water partition coefficient (Wildman–Crippen LogP) is 2.44. The van der Waals surface area contributed by atoms with E-state index in [9.17, 15) is 10.4 Å². The summed E-state index contributed by atoms with van der Waals surface area (Å²) in [7, 11) is 0. The van der Waals surface area contributed by atoms with Crippen LogP contribution in [0, 0.1) is 16.7 Å². The van der Waals surface area contributed by atoms with E-state index >= 15 is 0 Å². The van der Waals surface area contributed by atoms with E-state index in [-0.39, 0.29) is 12.0 Å². The summed E-state index contributed by atoms with van der Waals surface area (Å²) < 4.78 is 0. The molecule has 0 saturated heterocycles. The van der Waals surface area contributed by atoms with E-state index in [0.717, 1.165) is 49.8 Å². The molecule has 0 aliphatic heterocycles. The first-order valence-electron chi connectivity index (χ1n) is 7.83. The molecular formula is C16H24N4O. The third-order valence-corrected chi connectivity index (χ3v) is 4.59. The van der Waals surface area contributed by atoms with Crippen molar-refractivity contribution in [1.29, 1.82) is 5.26 Å². The lowest BCUT2D eigenvalue weighted by Crippen LogP contribution is -2.31. The lowest BCUT2D eigenvalue weighted by Gasteiger charge is -2.27. The van der Waals surface area contributed by atoms with Crippen molar-refractivity contribution < 1.29 is 5.11 Å². The fourth-order valence-corrected chi connectivity index (χ4v) is 3.20. The molecule has 0 amide bonds. The van der Waals surface area contributed by atoms with Crippen molar-refractivity contribution in [2.75, 3.05) is 18.5 Å². The van der Waals surface area contributed by atoms with E-state index in [1.807, 2.05) is 13.8 Å². The van der Waals surface area contributed by atoms with Gasteiger partial charge in [-0.25, -0.2) is 0 Å². The molecule has 114 valence electrons. The van der Waals surface area contributed by atoms with Crippen molar-refractivity contribution in [3.05, 3.63) is 16.8 Å². The van der Waals surface area contributed by atoms with E-state index in [2.05, 4.69) is 21.6 Å². The molecule has 21 heavy (non-hydrogen) atoms. The van der Waals surface area contributed by atoms with Crippen LogP contribution in [-0.2, 0) is 12.8 Å². The number of hydrogen-bond acceptors (Lipinski definition) is 5. The fraction of sp³-hybridized carbons (Fsp3) is 0.688. The van der Waals surface area contributed by atoms with Gasteiger partial charge in [0.2, 0.25) is 0 Å². The second-order valence-corrected chi connectivity index (χ2v) is 5.89. The Morgan fingerprint density at radius 3 is 2.48 bits per heavy atom. The van der Waals surface area contributed by atoms with Gasteiger partial charge in [0.1, 0.15) is 11.6 Å². The molecule has 1 aliphatic rings. The molecule has 5 heteroatoms. The number of aromatic nitrogens is 2. The molecule has 0 bridgehead atoms. The topological polar surface area (TPSA) is 81.8 Å². The molecular weight excluding hydrogens is 264 g/mol. The van der Waals surface area contributed by atoms with E-state index in [0.29, 0.717) is 17.9 Å². The van der Waals surface area contributed by atoms with Crippen molar-refractivity contribution in [3.63, 3.8) is 0 Å². The Balaban J connectivity index is 2.22. The molecule has 1 fully saturated rings. The number of nitrogens with zero attached hydrogens (tertiary/aromatic N) is 3. The minimum absolute atomic E-state index is 0.0653. The van der Waals surface area contributed by atoms with Crippen LogP contribution in [0.4, 0.5) is 5.82 Å². The number of aliphatic hydroxyl groups is 1. The Kier molecular flexibility index (Phi) is 5.13. The van der Waals surface area contributed by atoms with Crippen molar-refractivity contribution in [1.82, 2.24) is 10.2 Å². The van der Waals surface area contributed by atoms with Gasteiger partial charge in [-0.1, -0.05) is 26.7 Å². The SMILES string of the molecule is CCc1nnc(NCC2(CO)CCCC2)c(C#N)c1CC. The highest BCUT2D eigenvalue weighted by atomic mass is 16.3. The number of aryl methyl sites for hydroxylation is 1. The van der Waals surface area contributed by atoms with Crippen LogP contribution in [0.1, 0.15) is 56.4 Å². The Bertz CT molecular complexity index is 530. The maximum Gasteiger partial charge on any atom is 0.166 e. The van der Waals surface area contributed by atoms with Crippen molar-refractivity contribution in [2.45, 2.75) is 52.4 Å². The zero-order valence-corrected chi connectivity index (χ0v) is 12.9. The summed E-state index contributed by atoms with van der Waals surface area (Å²) >= 11 is 0. The highest BCUT2D eigenvalue weighted by molar-refractivity contribution is 5.56. The van der Waals surface area contributed by atoms with Crippen molar-refractivity contribution in [2.24, 2.45) is 5.41 Å². The summed E-state index contributed by atoms with van der Waals surface area (Å²) in [5.41, 5.74) is 2.43. The maximum absolute atomic E-state index is 9.66. The number of nitrogens with one attached hydrogen (secondary N) is 1. The first-order valence-corrected chi connectivity index (χ1v) is 7.83. The highest BCUT2D eigenvalue weighted by Gasteiger charge is 2.33. The molecule has 0 spiro atoms. The first kappa shape index (κ1) is 15.7. The summed E-state index contributed by atoms with van der Waals surface area (Å²) in [6.07, 6.45) is 5.94. The molecule has 0 radical (unpaired) electrons. The molecule has 1 aliphatic carbocycles. The van der Waals surface area contributed by atoms with Crippen molar-refractivity contribution >= 4 is 5.82 Å². The molecule has 2 rings (SSSR count).